The monoisotopic (exact) mass is 158 g/mol. The number of ether oxygens (including phenoxy) is 1. The molecular formula is C9H7BO2. The molecular weight excluding hydrogens is 151 g/mol. The first-order valence-corrected chi connectivity index (χ1v) is 3.52. The molecule has 0 heterocycles. The molecule has 0 atom stereocenters. The molecule has 0 aliphatic carbocycles. The fraction of sp³-hybridized carbons (Fsp3) is 0. The maximum atomic E-state index is 10.8. The van der Waals surface area contributed by atoms with Crippen LogP contribution in [0.5, 0.6) is 5.75 Å². The maximum absolute atomic E-state index is 10.8. The molecule has 0 fully saturated rings. The summed E-state index contributed by atoms with van der Waals surface area (Å²) in [6.45, 7) is 0. The van der Waals surface area contributed by atoms with Crippen molar-refractivity contribution in [3.63, 3.8) is 0 Å². The predicted molar refractivity (Wildman–Crippen MR) is 48.4 cm³/mol. The van der Waals surface area contributed by atoms with E-state index in [1.807, 2.05) is 6.07 Å². The highest BCUT2D eigenvalue weighted by molar-refractivity contribution is 6.78. The van der Waals surface area contributed by atoms with Crippen molar-refractivity contribution in [3.8, 4) is 18.0 Å². The van der Waals surface area contributed by atoms with Crippen LogP contribution in [0.1, 0.15) is 0 Å². The van der Waals surface area contributed by atoms with E-state index in [9.17, 15) is 4.79 Å². The Balaban J connectivity index is 2.54. The number of carbonyl (C=O) groups is 1. The molecule has 0 unspecified atom stereocenters. The van der Waals surface area contributed by atoms with Crippen LogP contribution in [-0.4, -0.2) is 13.1 Å². The van der Waals surface area contributed by atoms with Crippen molar-refractivity contribution >= 4 is 13.1 Å². The Morgan fingerprint density at radius 2 is 2.08 bits per heavy atom. The van der Waals surface area contributed by atoms with Crippen LogP contribution in [-0.2, 0) is 0 Å². The van der Waals surface area contributed by atoms with Crippen LogP contribution in [0.3, 0.4) is 0 Å². The van der Waals surface area contributed by atoms with Crippen LogP contribution in [0.2, 0.25) is 0 Å². The van der Waals surface area contributed by atoms with Crippen molar-refractivity contribution in [2.45, 2.75) is 0 Å². The van der Waals surface area contributed by atoms with Gasteiger partial charge in [0.2, 0.25) is 0 Å². The van der Waals surface area contributed by atoms with Gasteiger partial charge in [-0.25, -0.2) is 0 Å². The summed E-state index contributed by atoms with van der Waals surface area (Å²) in [4.78, 5) is 10.8. The third-order valence-corrected chi connectivity index (χ3v) is 1.22. The summed E-state index contributed by atoms with van der Waals surface area (Å²) in [7, 11) is 0.00882. The van der Waals surface area contributed by atoms with E-state index in [1.54, 1.807) is 24.3 Å². The molecule has 1 aromatic rings. The summed E-state index contributed by atoms with van der Waals surface area (Å²) in [5, 5.41) is 0. The van der Waals surface area contributed by atoms with E-state index in [0.717, 1.165) is 0 Å². The summed E-state index contributed by atoms with van der Waals surface area (Å²) in [5.41, 5.74) is 0. The van der Waals surface area contributed by atoms with Crippen molar-refractivity contribution in [2.75, 3.05) is 0 Å². The molecule has 0 spiro atoms. The molecule has 0 aliphatic rings. The van der Waals surface area contributed by atoms with Gasteiger partial charge in [-0.3, -0.25) is 4.79 Å². The smallest absolute Gasteiger partial charge is 0.346 e. The highest BCUT2D eigenvalue weighted by Gasteiger charge is 2.02. The van der Waals surface area contributed by atoms with Gasteiger partial charge < -0.3 is 4.74 Å². The van der Waals surface area contributed by atoms with E-state index in [2.05, 4.69) is 5.82 Å². The molecule has 0 saturated carbocycles. The molecule has 0 radical (unpaired) electrons. The SMILES string of the molecule is C#CBC(=O)Oc1ccccc1. The van der Waals surface area contributed by atoms with Crippen molar-refractivity contribution in [3.05, 3.63) is 30.3 Å². The largest absolute Gasteiger partial charge is 0.434 e. The Hall–Kier alpha value is -1.69. The summed E-state index contributed by atoms with van der Waals surface area (Å²) < 4.78 is 4.87. The van der Waals surface area contributed by atoms with Gasteiger partial charge in [-0.05, 0) is 12.1 Å². The third-order valence-electron chi connectivity index (χ3n) is 1.22. The first kappa shape index (κ1) is 8.41. The molecule has 0 amide bonds. The topological polar surface area (TPSA) is 26.3 Å². The minimum Gasteiger partial charge on any atom is -0.434 e. The van der Waals surface area contributed by atoms with Gasteiger partial charge in [-0.2, -0.15) is 0 Å². The fourth-order valence-corrected chi connectivity index (χ4v) is 0.739. The lowest BCUT2D eigenvalue weighted by Crippen LogP contribution is -2.12. The van der Waals surface area contributed by atoms with E-state index >= 15 is 0 Å². The molecule has 1 aromatic carbocycles. The Kier molecular flexibility index (Phi) is 2.98. The van der Waals surface area contributed by atoms with Crippen LogP contribution >= 0.6 is 0 Å². The van der Waals surface area contributed by atoms with Gasteiger partial charge in [0.25, 0.3) is 5.87 Å². The summed E-state index contributed by atoms with van der Waals surface area (Å²) in [6.07, 6.45) is 4.93. The molecule has 0 N–H and O–H groups in total. The number of benzene rings is 1. The van der Waals surface area contributed by atoms with Crippen LogP contribution < -0.4 is 4.74 Å². The summed E-state index contributed by atoms with van der Waals surface area (Å²) in [6, 6.07) is 8.83. The molecule has 0 aromatic heterocycles. The lowest BCUT2D eigenvalue weighted by molar-refractivity contribution is 0.225. The molecule has 1 rings (SSSR count). The van der Waals surface area contributed by atoms with Gasteiger partial charge in [0.05, 0.1) is 0 Å². The molecule has 3 heteroatoms. The molecule has 2 nitrogen and oxygen atoms in total. The van der Waals surface area contributed by atoms with Crippen molar-refractivity contribution < 1.29 is 9.53 Å². The maximum Gasteiger partial charge on any atom is 0.346 e. The Morgan fingerprint density at radius 1 is 1.42 bits per heavy atom. The highest BCUT2D eigenvalue weighted by atomic mass is 16.5. The second-order valence-corrected chi connectivity index (χ2v) is 2.17. The van der Waals surface area contributed by atoms with Gasteiger partial charge in [-0.15, -0.1) is 12.2 Å². The number of para-hydroxylation sites is 1. The van der Waals surface area contributed by atoms with Crippen molar-refractivity contribution in [2.24, 2.45) is 0 Å². The quantitative estimate of drug-likeness (QED) is 0.477. The third kappa shape index (κ3) is 2.51. The van der Waals surface area contributed by atoms with E-state index in [1.165, 1.54) is 0 Å². The number of hydrogen-bond acceptors (Lipinski definition) is 2. The zero-order valence-corrected chi connectivity index (χ0v) is 6.49. The fourth-order valence-electron chi connectivity index (χ4n) is 0.739. The Morgan fingerprint density at radius 3 is 2.67 bits per heavy atom. The molecule has 0 aliphatic heterocycles. The second kappa shape index (κ2) is 4.25. The lowest BCUT2D eigenvalue weighted by Gasteiger charge is -1.99. The van der Waals surface area contributed by atoms with Gasteiger partial charge >= 0.3 is 7.28 Å². The zero-order valence-electron chi connectivity index (χ0n) is 6.49. The molecule has 0 saturated heterocycles. The minimum atomic E-state index is -0.399. The average molecular weight is 158 g/mol. The first-order chi connectivity index (χ1) is 5.83. The zero-order chi connectivity index (χ0) is 8.81. The Labute approximate surface area is 71.8 Å². The molecule has 12 heavy (non-hydrogen) atoms. The predicted octanol–water partition coefficient (Wildman–Crippen LogP) is 1.21. The van der Waals surface area contributed by atoms with Gasteiger partial charge in [-0.1, -0.05) is 18.2 Å². The number of carbonyl (C=O) groups excluding carboxylic acids is 1. The van der Waals surface area contributed by atoms with Crippen molar-refractivity contribution in [1.29, 1.82) is 0 Å². The van der Waals surface area contributed by atoms with Crippen LogP contribution in [0.4, 0.5) is 4.79 Å². The molecule has 0 bridgehead atoms. The number of rotatable bonds is 2. The van der Waals surface area contributed by atoms with E-state index in [0.29, 0.717) is 5.75 Å². The van der Waals surface area contributed by atoms with E-state index in [-0.39, 0.29) is 7.28 Å². The van der Waals surface area contributed by atoms with Gasteiger partial charge in [0, 0.05) is 0 Å². The van der Waals surface area contributed by atoms with Gasteiger partial charge in [0.15, 0.2) is 0 Å². The van der Waals surface area contributed by atoms with Crippen molar-refractivity contribution in [1.82, 2.24) is 0 Å². The highest BCUT2D eigenvalue weighted by Crippen LogP contribution is 2.07. The Bertz CT molecular complexity index is 300. The average Bonchev–Trinajstić information content (AvgIpc) is 2.06. The van der Waals surface area contributed by atoms with Gasteiger partial charge in [0.1, 0.15) is 5.75 Å². The summed E-state index contributed by atoms with van der Waals surface area (Å²) in [5.74, 6) is 2.34. The van der Waals surface area contributed by atoms with E-state index < -0.39 is 5.87 Å². The number of hydrogen-bond donors (Lipinski definition) is 0. The first-order valence-electron chi connectivity index (χ1n) is 3.52. The van der Waals surface area contributed by atoms with E-state index in [4.69, 9.17) is 11.2 Å². The molecule has 58 valence electrons. The second-order valence-electron chi connectivity index (χ2n) is 2.17. The van der Waals surface area contributed by atoms with Crippen LogP contribution in [0, 0.1) is 12.2 Å². The minimum absolute atomic E-state index is 0.00882. The number of terminal acetylenes is 1. The normalized spacial score (nSPS) is 8.25. The van der Waals surface area contributed by atoms with Crippen LogP contribution in [0.15, 0.2) is 30.3 Å². The summed E-state index contributed by atoms with van der Waals surface area (Å²) >= 11 is 0. The lowest BCUT2D eigenvalue weighted by atomic mass is 9.81. The standard InChI is InChI=1S/C9H7BO2/c1-2-10-9(11)12-8-6-4-3-5-7-8/h1,3-7,10H. The van der Waals surface area contributed by atoms with Crippen LogP contribution in [0.25, 0.3) is 0 Å².